The van der Waals surface area contributed by atoms with Crippen molar-refractivity contribution in [2.75, 3.05) is 16.8 Å². The molecular weight excluding hydrogens is 347 g/mol. The van der Waals surface area contributed by atoms with E-state index in [1.54, 1.807) is 0 Å². The highest BCUT2D eigenvalue weighted by Crippen LogP contribution is 2.34. The van der Waals surface area contributed by atoms with E-state index in [9.17, 15) is 21.6 Å². The Kier molecular flexibility index (Phi) is 3.83. The molecule has 0 aliphatic carbocycles. The SMILES string of the molecule is O=S1(=O)CCC(Nc2cc(C(F)(F)F)ccc2Br)C1. The fourth-order valence-electron chi connectivity index (χ4n) is 1.94. The average Bonchev–Trinajstić information content (AvgIpc) is 2.60. The molecule has 0 aromatic heterocycles. The third kappa shape index (κ3) is 3.62. The lowest BCUT2D eigenvalue weighted by molar-refractivity contribution is -0.137. The number of rotatable bonds is 2. The normalized spacial score (nSPS) is 22.4. The largest absolute Gasteiger partial charge is 0.416 e. The maximum Gasteiger partial charge on any atom is 0.416 e. The van der Waals surface area contributed by atoms with Gasteiger partial charge in [-0.05, 0) is 40.5 Å². The smallest absolute Gasteiger partial charge is 0.380 e. The number of hydrogen-bond donors (Lipinski definition) is 1. The van der Waals surface area contributed by atoms with E-state index in [0.717, 1.165) is 12.1 Å². The average molecular weight is 358 g/mol. The molecule has 1 heterocycles. The number of nitrogens with one attached hydrogen (secondary N) is 1. The molecule has 0 amide bonds. The zero-order valence-corrected chi connectivity index (χ0v) is 12.1. The van der Waals surface area contributed by atoms with Crippen molar-refractivity contribution in [2.45, 2.75) is 18.6 Å². The molecule has 1 aromatic rings. The standard InChI is InChI=1S/C11H11BrF3NO2S/c12-9-2-1-7(11(13,14)15)5-10(9)16-8-3-4-19(17,18)6-8/h1-2,5,8,16H,3-4,6H2. The monoisotopic (exact) mass is 357 g/mol. The van der Waals surface area contributed by atoms with Gasteiger partial charge in [-0.3, -0.25) is 0 Å². The van der Waals surface area contributed by atoms with E-state index in [4.69, 9.17) is 0 Å². The fraction of sp³-hybridized carbons (Fsp3) is 0.455. The van der Waals surface area contributed by atoms with Crippen LogP contribution in [-0.2, 0) is 16.0 Å². The Morgan fingerprint density at radius 3 is 2.53 bits per heavy atom. The van der Waals surface area contributed by atoms with Gasteiger partial charge in [0.15, 0.2) is 9.84 Å². The molecule has 1 N–H and O–H groups in total. The van der Waals surface area contributed by atoms with Gasteiger partial charge in [0.05, 0.1) is 17.1 Å². The Morgan fingerprint density at radius 2 is 2.00 bits per heavy atom. The predicted octanol–water partition coefficient (Wildman–Crippen LogP) is 3.07. The molecule has 19 heavy (non-hydrogen) atoms. The second kappa shape index (κ2) is 4.97. The maximum absolute atomic E-state index is 12.6. The Hall–Kier alpha value is -0.760. The quantitative estimate of drug-likeness (QED) is 0.884. The number of halogens is 4. The highest BCUT2D eigenvalue weighted by Gasteiger charge is 2.32. The van der Waals surface area contributed by atoms with Crippen LogP contribution < -0.4 is 5.32 Å². The van der Waals surface area contributed by atoms with Crippen LogP contribution in [0.2, 0.25) is 0 Å². The Bertz CT molecular complexity index is 586. The van der Waals surface area contributed by atoms with Crippen LogP contribution in [0.25, 0.3) is 0 Å². The highest BCUT2D eigenvalue weighted by atomic mass is 79.9. The van der Waals surface area contributed by atoms with E-state index >= 15 is 0 Å². The van der Waals surface area contributed by atoms with E-state index in [2.05, 4.69) is 21.2 Å². The zero-order chi connectivity index (χ0) is 14.3. The summed E-state index contributed by atoms with van der Waals surface area (Å²) in [5, 5.41) is 2.85. The number of hydrogen-bond acceptors (Lipinski definition) is 3. The number of sulfone groups is 1. The minimum absolute atomic E-state index is 0.0459. The Morgan fingerprint density at radius 1 is 1.32 bits per heavy atom. The van der Waals surface area contributed by atoms with Crippen molar-refractivity contribution in [1.82, 2.24) is 0 Å². The topological polar surface area (TPSA) is 46.2 Å². The van der Waals surface area contributed by atoms with Gasteiger partial charge in [-0.2, -0.15) is 13.2 Å². The Balaban J connectivity index is 2.21. The molecule has 0 bridgehead atoms. The van der Waals surface area contributed by atoms with Crippen LogP contribution in [0.15, 0.2) is 22.7 Å². The molecule has 1 fully saturated rings. The van der Waals surface area contributed by atoms with Crippen molar-refractivity contribution >= 4 is 31.5 Å². The van der Waals surface area contributed by atoms with Crippen molar-refractivity contribution in [1.29, 1.82) is 0 Å². The molecule has 2 rings (SSSR count). The summed E-state index contributed by atoms with van der Waals surface area (Å²) >= 11 is 3.15. The van der Waals surface area contributed by atoms with Crippen molar-refractivity contribution < 1.29 is 21.6 Å². The second-order valence-electron chi connectivity index (χ2n) is 4.44. The summed E-state index contributed by atoms with van der Waals surface area (Å²) in [6.45, 7) is 0. The first-order chi connectivity index (χ1) is 8.67. The second-order valence-corrected chi connectivity index (χ2v) is 7.52. The van der Waals surface area contributed by atoms with Gasteiger partial charge in [-0.1, -0.05) is 0 Å². The molecule has 1 aliphatic rings. The summed E-state index contributed by atoms with van der Waals surface area (Å²) in [6, 6.07) is 2.91. The third-order valence-corrected chi connectivity index (χ3v) is 5.35. The fourth-order valence-corrected chi connectivity index (χ4v) is 3.98. The summed E-state index contributed by atoms with van der Waals surface area (Å²) < 4.78 is 60.9. The van der Waals surface area contributed by atoms with Crippen LogP contribution in [0.4, 0.5) is 18.9 Å². The minimum atomic E-state index is -4.42. The third-order valence-electron chi connectivity index (χ3n) is 2.89. The summed E-state index contributed by atoms with van der Waals surface area (Å²) in [6.07, 6.45) is -4.01. The number of alkyl halides is 3. The van der Waals surface area contributed by atoms with Gasteiger partial charge in [0.25, 0.3) is 0 Å². The molecule has 1 atom stereocenters. The number of benzene rings is 1. The van der Waals surface area contributed by atoms with Crippen molar-refractivity contribution in [2.24, 2.45) is 0 Å². The van der Waals surface area contributed by atoms with Crippen LogP contribution in [0.1, 0.15) is 12.0 Å². The first kappa shape index (κ1) is 14.6. The Labute approximate surface area is 117 Å². The van der Waals surface area contributed by atoms with Gasteiger partial charge in [0, 0.05) is 16.2 Å². The molecule has 106 valence electrons. The van der Waals surface area contributed by atoms with Crippen LogP contribution in [0, 0.1) is 0 Å². The lowest BCUT2D eigenvalue weighted by atomic mass is 10.1. The lowest BCUT2D eigenvalue weighted by Gasteiger charge is -2.16. The van der Waals surface area contributed by atoms with Crippen LogP contribution in [-0.4, -0.2) is 26.0 Å². The van der Waals surface area contributed by atoms with Crippen LogP contribution in [0.5, 0.6) is 0 Å². The molecule has 1 aliphatic heterocycles. The van der Waals surface area contributed by atoms with E-state index in [-0.39, 0.29) is 23.2 Å². The zero-order valence-electron chi connectivity index (χ0n) is 9.67. The minimum Gasteiger partial charge on any atom is -0.380 e. The summed E-state index contributed by atoms with van der Waals surface area (Å²) in [4.78, 5) is 0. The molecule has 3 nitrogen and oxygen atoms in total. The summed E-state index contributed by atoms with van der Waals surface area (Å²) in [5.74, 6) is 0.0247. The molecule has 1 aromatic carbocycles. The molecular formula is C11H11BrF3NO2S. The molecule has 0 spiro atoms. The molecule has 8 heteroatoms. The van der Waals surface area contributed by atoms with Gasteiger partial charge in [0.2, 0.25) is 0 Å². The summed E-state index contributed by atoms with van der Waals surface area (Å²) in [7, 11) is -3.07. The van der Waals surface area contributed by atoms with Gasteiger partial charge in [-0.25, -0.2) is 8.42 Å². The van der Waals surface area contributed by atoms with Crippen LogP contribution in [0.3, 0.4) is 0 Å². The van der Waals surface area contributed by atoms with Gasteiger partial charge >= 0.3 is 6.18 Å². The first-order valence-electron chi connectivity index (χ1n) is 5.51. The van der Waals surface area contributed by atoms with Gasteiger partial charge in [-0.15, -0.1) is 0 Å². The van der Waals surface area contributed by atoms with Crippen molar-refractivity contribution in [3.05, 3.63) is 28.2 Å². The number of anilines is 1. The predicted molar refractivity (Wildman–Crippen MR) is 69.8 cm³/mol. The highest BCUT2D eigenvalue weighted by molar-refractivity contribution is 9.10. The lowest BCUT2D eigenvalue weighted by Crippen LogP contribution is -2.21. The van der Waals surface area contributed by atoms with Gasteiger partial charge in [0.1, 0.15) is 0 Å². The van der Waals surface area contributed by atoms with Crippen LogP contribution >= 0.6 is 15.9 Å². The summed E-state index contributed by atoms with van der Waals surface area (Å²) in [5.41, 5.74) is -0.504. The molecule has 1 saturated heterocycles. The molecule has 0 saturated carbocycles. The van der Waals surface area contributed by atoms with E-state index in [1.165, 1.54) is 6.07 Å². The van der Waals surface area contributed by atoms with E-state index in [0.29, 0.717) is 10.9 Å². The van der Waals surface area contributed by atoms with Crippen molar-refractivity contribution in [3.63, 3.8) is 0 Å². The van der Waals surface area contributed by atoms with Crippen molar-refractivity contribution in [3.8, 4) is 0 Å². The maximum atomic E-state index is 12.6. The van der Waals surface area contributed by atoms with E-state index < -0.39 is 21.6 Å². The molecule has 1 unspecified atom stereocenters. The molecule has 0 radical (unpaired) electrons. The first-order valence-corrected chi connectivity index (χ1v) is 8.12. The van der Waals surface area contributed by atoms with E-state index in [1.807, 2.05) is 0 Å². The van der Waals surface area contributed by atoms with Gasteiger partial charge < -0.3 is 5.32 Å².